The molecule has 0 aromatic carbocycles. The summed E-state index contributed by atoms with van der Waals surface area (Å²) in [6.07, 6.45) is 4.50. The molecule has 1 saturated carbocycles. The predicted molar refractivity (Wildman–Crippen MR) is 82.4 cm³/mol. The maximum atomic E-state index is 12.9. The van der Waals surface area contributed by atoms with E-state index < -0.39 is 0 Å². The van der Waals surface area contributed by atoms with E-state index in [1.54, 1.807) is 13.2 Å². The van der Waals surface area contributed by atoms with Gasteiger partial charge in [-0.2, -0.15) is 0 Å². The molecule has 23 heavy (non-hydrogen) atoms. The van der Waals surface area contributed by atoms with Gasteiger partial charge in [0.2, 0.25) is 5.91 Å². The van der Waals surface area contributed by atoms with Gasteiger partial charge in [-0.25, -0.2) is 4.39 Å². The molecular weight excluding hydrogens is 299 g/mol. The van der Waals surface area contributed by atoms with Crippen LogP contribution in [-0.4, -0.2) is 54.8 Å². The Morgan fingerprint density at radius 1 is 1.57 bits per heavy atom. The zero-order valence-electron chi connectivity index (χ0n) is 13.5. The monoisotopic (exact) mass is 322 g/mol. The van der Waals surface area contributed by atoms with Crippen LogP contribution in [0.4, 0.5) is 4.39 Å². The average Bonchev–Trinajstić information content (AvgIpc) is 2.92. The smallest absolute Gasteiger partial charge is 0.228 e. The number of pyridine rings is 1. The zero-order chi connectivity index (χ0) is 16.3. The third-order valence-corrected chi connectivity index (χ3v) is 4.95. The van der Waals surface area contributed by atoms with Crippen molar-refractivity contribution >= 4 is 5.91 Å². The fourth-order valence-corrected chi connectivity index (χ4v) is 3.75. The number of rotatable bonds is 4. The molecule has 2 fully saturated rings. The number of nitrogens with zero attached hydrogens (tertiary/aromatic N) is 2. The summed E-state index contributed by atoms with van der Waals surface area (Å²) in [5, 5.41) is 0. The Kier molecular flexibility index (Phi) is 4.92. The first-order valence-electron chi connectivity index (χ1n) is 8.14. The molecule has 1 aromatic heterocycles. The number of carbonyl (C=O) groups is 1. The average molecular weight is 322 g/mol. The van der Waals surface area contributed by atoms with Crippen LogP contribution in [0.1, 0.15) is 25.0 Å². The molecule has 6 heteroatoms. The van der Waals surface area contributed by atoms with Crippen LogP contribution in [0.2, 0.25) is 0 Å². The van der Waals surface area contributed by atoms with Crippen molar-refractivity contribution in [3.05, 3.63) is 29.8 Å². The SMILES string of the molecule is COC[C@@H]1CCC[C@@]12CN(C(=O)Cc1ccc(F)cn1)CCO2. The Hall–Kier alpha value is -1.53. The Balaban J connectivity index is 1.65. The normalized spacial score (nSPS) is 27.6. The first-order valence-corrected chi connectivity index (χ1v) is 8.14. The second-order valence-electron chi connectivity index (χ2n) is 6.42. The molecule has 1 aliphatic heterocycles. The lowest BCUT2D eigenvalue weighted by Crippen LogP contribution is -2.56. The van der Waals surface area contributed by atoms with Gasteiger partial charge >= 0.3 is 0 Å². The third-order valence-electron chi connectivity index (χ3n) is 4.95. The van der Waals surface area contributed by atoms with E-state index in [9.17, 15) is 9.18 Å². The van der Waals surface area contributed by atoms with Crippen LogP contribution in [0.5, 0.6) is 0 Å². The molecule has 1 aromatic rings. The number of aromatic nitrogens is 1. The van der Waals surface area contributed by atoms with Crippen LogP contribution in [0.3, 0.4) is 0 Å². The molecular formula is C17H23FN2O3. The molecule has 1 spiro atoms. The van der Waals surface area contributed by atoms with E-state index in [1.807, 2.05) is 4.90 Å². The molecule has 2 atom stereocenters. The zero-order valence-corrected chi connectivity index (χ0v) is 13.5. The highest BCUT2D eigenvalue weighted by atomic mass is 19.1. The summed E-state index contributed by atoms with van der Waals surface area (Å²) >= 11 is 0. The Bertz CT molecular complexity index is 551. The van der Waals surface area contributed by atoms with Gasteiger partial charge in [-0.3, -0.25) is 9.78 Å². The molecule has 3 rings (SSSR count). The van der Waals surface area contributed by atoms with E-state index in [0.29, 0.717) is 37.9 Å². The van der Waals surface area contributed by atoms with Crippen molar-refractivity contribution in [3.8, 4) is 0 Å². The van der Waals surface area contributed by atoms with Crippen molar-refractivity contribution in [2.75, 3.05) is 33.4 Å². The number of hydrogen-bond acceptors (Lipinski definition) is 4. The van der Waals surface area contributed by atoms with E-state index in [0.717, 1.165) is 25.5 Å². The van der Waals surface area contributed by atoms with Crippen molar-refractivity contribution in [2.45, 2.75) is 31.3 Å². The molecule has 0 radical (unpaired) electrons. The molecule has 0 unspecified atom stereocenters. The van der Waals surface area contributed by atoms with Crippen molar-refractivity contribution < 1.29 is 18.7 Å². The summed E-state index contributed by atoms with van der Waals surface area (Å²) in [6.45, 7) is 2.44. The summed E-state index contributed by atoms with van der Waals surface area (Å²) in [5.74, 6) is -0.0261. The summed E-state index contributed by atoms with van der Waals surface area (Å²) in [5.41, 5.74) is 0.331. The number of carbonyl (C=O) groups excluding carboxylic acids is 1. The molecule has 1 aliphatic carbocycles. The van der Waals surface area contributed by atoms with Crippen LogP contribution in [0.25, 0.3) is 0 Å². The minimum Gasteiger partial charge on any atom is -0.384 e. The minimum absolute atomic E-state index is 0.0230. The largest absolute Gasteiger partial charge is 0.384 e. The molecule has 2 aliphatic rings. The van der Waals surface area contributed by atoms with Crippen LogP contribution in [0, 0.1) is 11.7 Å². The van der Waals surface area contributed by atoms with Crippen molar-refractivity contribution in [3.63, 3.8) is 0 Å². The van der Waals surface area contributed by atoms with E-state index in [-0.39, 0.29) is 23.7 Å². The lowest BCUT2D eigenvalue weighted by Gasteiger charge is -2.44. The van der Waals surface area contributed by atoms with Crippen LogP contribution in [-0.2, 0) is 20.7 Å². The van der Waals surface area contributed by atoms with Crippen LogP contribution in [0.15, 0.2) is 18.3 Å². The van der Waals surface area contributed by atoms with Crippen molar-refractivity contribution in [1.29, 1.82) is 0 Å². The van der Waals surface area contributed by atoms with Gasteiger partial charge in [-0.05, 0) is 25.0 Å². The molecule has 2 heterocycles. The number of morpholine rings is 1. The molecule has 126 valence electrons. The van der Waals surface area contributed by atoms with Gasteiger partial charge in [0.15, 0.2) is 0 Å². The molecule has 1 amide bonds. The number of hydrogen-bond donors (Lipinski definition) is 0. The second kappa shape index (κ2) is 6.93. The van der Waals surface area contributed by atoms with Gasteiger partial charge in [0.25, 0.3) is 0 Å². The van der Waals surface area contributed by atoms with Gasteiger partial charge in [-0.1, -0.05) is 6.42 Å². The first kappa shape index (κ1) is 16.3. The molecule has 5 nitrogen and oxygen atoms in total. The fraction of sp³-hybridized carbons (Fsp3) is 0.647. The van der Waals surface area contributed by atoms with Crippen molar-refractivity contribution in [2.24, 2.45) is 5.92 Å². The third kappa shape index (κ3) is 3.53. The molecule has 0 bridgehead atoms. The first-order chi connectivity index (χ1) is 11.1. The Morgan fingerprint density at radius 2 is 2.43 bits per heavy atom. The molecule has 0 N–H and O–H groups in total. The fourth-order valence-electron chi connectivity index (χ4n) is 3.75. The number of halogens is 1. The second-order valence-corrected chi connectivity index (χ2v) is 6.42. The maximum absolute atomic E-state index is 12.9. The Labute approximate surface area is 135 Å². The van der Waals surface area contributed by atoms with E-state index in [4.69, 9.17) is 9.47 Å². The van der Waals surface area contributed by atoms with Gasteiger partial charge in [0.1, 0.15) is 5.82 Å². The van der Waals surface area contributed by atoms with Gasteiger partial charge < -0.3 is 14.4 Å². The number of amides is 1. The Morgan fingerprint density at radius 3 is 3.17 bits per heavy atom. The van der Waals surface area contributed by atoms with Crippen LogP contribution < -0.4 is 0 Å². The summed E-state index contributed by atoms with van der Waals surface area (Å²) in [4.78, 5) is 18.4. The summed E-state index contributed by atoms with van der Waals surface area (Å²) in [7, 11) is 1.71. The highest BCUT2D eigenvalue weighted by molar-refractivity contribution is 5.78. The van der Waals surface area contributed by atoms with Gasteiger partial charge in [0.05, 0.1) is 38.0 Å². The van der Waals surface area contributed by atoms with E-state index in [2.05, 4.69) is 4.98 Å². The predicted octanol–water partition coefficient (Wildman–Crippen LogP) is 1.81. The summed E-state index contributed by atoms with van der Waals surface area (Å²) < 4.78 is 24.3. The minimum atomic E-state index is -0.389. The van der Waals surface area contributed by atoms with Crippen molar-refractivity contribution in [1.82, 2.24) is 9.88 Å². The number of ether oxygens (including phenoxy) is 2. The highest BCUT2D eigenvalue weighted by Gasteiger charge is 2.47. The lowest BCUT2D eigenvalue weighted by molar-refractivity contribution is -0.160. The summed E-state index contributed by atoms with van der Waals surface area (Å²) in [6, 6.07) is 2.90. The van der Waals surface area contributed by atoms with E-state index >= 15 is 0 Å². The van der Waals surface area contributed by atoms with Gasteiger partial charge in [-0.15, -0.1) is 0 Å². The van der Waals surface area contributed by atoms with Crippen LogP contribution >= 0.6 is 0 Å². The topological polar surface area (TPSA) is 51.7 Å². The lowest BCUT2D eigenvalue weighted by atomic mass is 9.89. The standard InChI is InChI=1S/C17H23FN2O3/c1-22-11-13-3-2-6-17(13)12-20(7-8-23-17)16(21)9-15-5-4-14(18)10-19-15/h4-5,10,13H,2-3,6-9,11-12H2,1H3/t13-,17+/m0/s1. The highest BCUT2D eigenvalue weighted by Crippen LogP contribution is 2.41. The maximum Gasteiger partial charge on any atom is 0.228 e. The van der Waals surface area contributed by atoms with E-state index in [1.165, 1.54) is 6.07 Å². The molecule has 1 saturated heterocycles. The van der Waals surface area contributed by atoms with Gasteiger partial charge in [0, 0.05) is 25.3 Å². The quantitative estimate of drug-likeness (QED) is 0.848. The number of methoxy groups -OCH3 is 1.